The van der Waals surface area contributed by atoms with Gasteiger partial charge in [-0.1, -0.05) is 63.6 Å². The molecule has 1 aliphatic heterocycles. The summed E-state index contributed by atoms with van der Waals surface area (Å²) in [4.78, 5) is 16.5. The number of esters is 1. The monoisotopic (exact) mass is 403 g/mol. The molecule has 162 valence electrons. The molecule has 0 saturated carbocycles. The van der Waals surface area contributed by atoms with Gasteiger partial charge in [-0.25, -0.2) is 10.3 Å². The molecule has 0 saturated heterocycles. The Morgan fingerprint density at radius 2 is 1.72 bits per heavy atom. The van der Waals surface area contributed by atoms with Gasteiger partial charge in [0, 0.05) is 19.2 Å². The Kier molecular flexibility index (Phi) is 8.76. The number of para-hydroxylation sites is 1. The molecule has 0 amide bonds. The number of hydrogen-bond donors (Lipinski definition) is 4. The molecular formula is C22H37N5O2. The summed E-state index contributed by atoms with van der Waals surface area (Å²) in [7, 11) is 0. The normalized spacial score (nSPS) is 20.3. The van der Waals surface area contributed by atoms with Crippen LogP contribution in [0, 0.1) is 0 Å². The molecule has 4 N–H and O–H groups in total. The standard InChI is InChI=1S/C22H37N5O2/c1-5-6-7-8-9-10-14-17-23-20-25-21(3,4)27-22(26-20,29-18(2)28)24-19-15-12-11-13-16-19/h11-13,15-16,24,27H,5-10,14,17H2,1-4H3,(H2,23,25,26). The lowest BCUT2D eigenvalue weighted by molar-refractivity contribution is -0.162. The van der Waals surface area contributed by atoms with E-state index >= 15 is 0 Å². The minimum absolute atomic E-state index is 0.405. The van der Waals surface area contributed by atoms with Crippen LogP contribution < -0.4 is 21.3 Å². The highest BCUT2D eigenvalue weighted by molar-refractivity contribution is 5.82. The molecule has 0 radical (unpaired) electrons. The number of anilines is 1. The zero-order valence-electron chi connectivity index (χ0n) is 18.3. The number of benzene rings is 1. The predicted octanol–water partition coefficient (Wildman–Crippen LogP) is 3.90. The van der Waals surface area contributed by atoms with E-state index in [4.69, 9.17) is 4.74 Å². The molecule has 1 atom stereocenters. The summed E-state index contributed by atoms with van der Waals surface area (Å²) in [6.07, 6.45) is 8.78. The first kappa shape index (κ1) is 23.0. The van der Waals surface area contributed by atoms with Crippen molar-refractivity contribution >= 4 is 17.6 Å². The van der Waals surface area contributed by atoms with Crippen LogP contribution in [-0.2, 0) is 9.53 Å². The van der Waals surface area contributed by atoms with E-state index in [1.54, 1.807) is 0 Å². The number of carbonyl (C=O) groups is 1. The number of carbonyl (C=O) groups excluding carboxylic acids is 1. The van der Waals surface area contributed by atoms with E-state index in [2.05, 4.69) is 33.2 Å². The second kappa shape index (κ2) is 11.0. The smallest absolute Gasteiger partial charge is 0.330 e. The quantitative estimate of drug-likeness (QED) is 0.255. The molecule has 0 bridgehead atoms. The Balaban J connectivity index is 1.96. The van der Waals surface area contributed by atoms with Crippen molar-refractivity contribution in [2.24, 2.45) is 4.99 Å². The number of ether oxygens (including phenoxy) is 1. The maximum absolute atomic E-state index is 11.8. The van der Waals surface area contributed by atoms with E-state index in [-0.39, 0.29) is 0 Å². The summed E-state index contributed by atoms with van der Waals surface area (Å²) in [6, 6.07) is 9.61. The Labute approximate surface area is 175 Å². The summed E-state index contributed by atoms with van der Waals surface area (Å²) in [5.41, 5.74) is 0.184. The lowest BCUT2D eigenvalue weighted by atomic mass is 10.1. The number of rotatable bonds is 11. The Morgan fingerprint density at radius 3 is 2.38 bits per heavy atom. The molecule has 1 heterocycles. The molecule has 1 aliphatic rings. The zero-order chi connectivity index (χ0) is 21.2. The molecule has 0 aromatic heterocycles. The first-order valence-corrected chi connectivity index (χ1v) is 10.8. The molecule has 1 aromatic carbocycles. The third-order valence-corrected chi connectivity index (χ3v) is 4.63. The van der Waals surface area contributed by atoms with E-state index < -0.39 is 17.6 Å². The van der Waals surface area contributed by atoms with Gasteiger partial charge < -0.3 is 15.4 Å². The van der Waals surface area contributed by atoms with Gasteiger partial charge >= 0.3 is 11.9 Å². The number of guanidine groups is 1. The summed E-state index contributed by atoms with van der Waals surface area (Å²) in [5.74, 6) is -1.09. The number of unbranched alkanes of at least 4 members (excludes halogenated alkanes) is 6. The predicted molar refractivity (Wildman–Crippen MR) is 118 cm³/mol. The second-order valence-corrected chi connectivity index (χ2v) is 8.08. The van der Waals surface area contributed by atoms with E-state index in [9.17, 15) is 4.79 Å². The van der Waals surface area contributed by atoms with Gasteiger partial charge in [0.15, 0.2) is 5.96 Å². The van der Waals surface area contributed by atoms with Crippen LogP contribution in [0.5, 0.6) is 0 Å². The fourth-order valence-corrected chi connectivity index (χ4v) is 3.42. The zero-order valence-corrected chi connectivity index (χ0v) is 18.3. The van der Waals surface area contributed by atoms with Crippen LogP contribution >= 0.6 is 0 Å². The van der Waals surface area contributed by atoms with Crippen LogP contribution in [0.3, 0.4) is 0 Å². The maximum Gasteiger partial charge on any atom is 0.330 e. The van der Waals surface area contributed by atoms with Crippen LogP contribution in [0.4, 0.5) is 5.69 Å². The highest BCUT2D eigenvalue weighted by Gasteiger charge is 2.43. The van der Waals surface area contributed by atoms with Crippen molar-refractivity contribution in [2.75, 3.05) is 11.9 Å². The SMILES string of the molecule is CCCCCCCCCNC1=NC(C)(C)NC(Nc2ccccc2)(OC(C)=O)N1. The minimum Gasteiger partial charge on any atom is -0.406 e. The van der Waals surface area contributed by atoms with Crippen molar-refractivity contribution in [1.29, 1.82) is 0 Å². The van der Waals surface area contributed by atoms with Gasteiger partial charge in [-0.15, -0.1) is 0 Å². The third-order valence-electron chi connectivity index (χ3n) is 4.63. The van der Waals surface area contributed by atoms with Gasteiger partial charge in [-0.2, -0.15) is 0 Å². The van der Waals surface area contributed by atoms with Gasteiger partial charge in [0.25, 0.3) is 0 Å². The van der Waals surface area contributed by atoms with Crippen molar-refractivity contribution in [3.8, 4) is 0 Å². The van der Waals surface area contributed by atoms with Gasteiger partial charge in [0.2, 0.25) is 0 Å². The summed E-state index contributed by atoms with van der Waals surface area (Å²) < 4.78 is 5.64. The molecule has 7 heteroatoms. The highest BCUT2D eigenvalue weighted by atomic mass is 16.6. The van der Waals surface area contributed by atoms with Gasteiger partial charge in [0.05, 0.1) is 0 Å². The van der Waals surface area contributed by atoms with Crippen molar-refractivity contribution < 1.29 is 9.53 Å². The lowest BCUT2D eigenvalue weighted by Crippen LogP contribution is -2.75. The summed E-state index contributed by atoms with van der Waals surface area (Å²) in [5, 5.41) is 13.1. The van der Waals surface area contributed by atoms with Crippen LogP contribution in [-0.4, -0.2) is 30.1 Å². The fourth-order valence-electron chi connectivity index (χ4n) is 3.42. The van der Waals surface area contributed by atoms with Gasteiger partial charge in [-0.05, 0) is 32.4 Å². The summed E-state index contributed by atoms with van der Waals surface area (Å²) in [6.45, 7) is 8.32. The first-order chi connectivity index (χ1) is 13.8. The van der Waals surface area contributed by atoms with Crippen molar-refractivity contribution in [3.05, 3.63) is 30.3 Å². The number of aliphatic imine (C=N–C) groups is 1. The molecule has 0 fully saturated rings. The highest BCUT2D eigenvalue weighted by Crippen LogP contribution is 2.20. The molecule has 29 heavy (non-hydrogen) atoms. The molecule has 7 nitrogen and oxygen atoms in total. The van der Waals surface area contributed by atoms with Crippen molar-refractivity contribution in [1.82, 2.24) is 16.0 Å². The molecule has 1 aromatic rings. The molecule has 1 unspecified atom stereocenters. The minimum atomic E-state index is -1.29. The first-order valence-electron chi connectivity index (χ1n) is 10.8. The Morgan fingerprint density at radius 1 is 1.07 bits per heavy atom. The molecule has 0 aliphatic carbocycles. The van der Waals surface area contributed by atoms with Crippen molar-refractivity contribution in [2.45, 2.75) is 84.3 Å². The maximum atomic E-state index is 11.8. The number of nitrogens with one attached hydrogen (secondary N) is 4. The molecule has 2 rings (SSSR count). The average Bonchev–Trinajstić information content (AvgIpc) is 2.62. The van der Waals surface area contributed by atoms with Crippen LogP contribution in [0.15, 0.2) is 35.3 Å². The van der Waals surface area contributed by atoms with Crippen LogP contribution in [0.1, 0.15) is 72.6 Å². The molecule has 0 spiro atoms. The van der Waals surface area contributed by atoms with E-state index in [0.717, 1.165) is 18.7 Å². The number of hydrogen-bond acceptors (Lipinski definition) is 7. The average molecular weight is 404 g/mol. The van der Waals surface area contributed by atoms with Gasteiger partial charge in [-0.3, -0.25) is 10.1 Å². The molecular weight excluding hydrogens is 366 g/mol. The second-order valence-electron chi connectivity index (χ2n) is 8.08. The summed E-state index contributed by atoms with van der Waals surface area (Å²) >= 11 is 0. The number of nitrogens with zero attached hydrogens (tertiary/aromatic N) is 1. The van der Waals surface area contributed by atoms with Gasteiger partial charge in [0.1, 0.15) is 5.66 Å². The Bertz CT molecular complexity index is 662. The van der Waals surface area contributed by atoms with Crippen molar-refractivity contribution in [3.63, 3.8) is 0 Å². The largest absolute Gasteiger partial charge is 0.406 e. The van der Waals surface area contributed by atoms with E-state index in [1.807, 2.05) is 44.2 Å². The lowest BCUT2D eigenvalue weighted by Gasteiger charge is -2.44. The fraction of sp³-hybridized carbons (Fsp3) is 0.636. The van der Waals surface area contributed by atoms with Crippen LogP contribution in [0.25, 0.3) is 0 Å². The topological polar surface area (TPSA) is 86.8 Å². The van der Waals surface area contributed by atoms with E-state index in [1.165, 1.54) is 45.4 Å². The Hall–Kier alpha value is -2.28. The van der Waals surface area contributed by atoms with Crippen LogP contribution in [0.2, 0.25) is 0 Å². The van der Waals surface area contributed by atoms with E-state index in [0.29, 0.717) is 5.96 Å². The third kappa shape index (κ3) is 8.31.